The molecule has 14 heteroatoms. The molecule has 1 saturated carbocycles. The van der Waals surface area contributed by atoms with Crippen LogP contribution in [0.2, 0.25) is 0 Å². The molecule has 2 unspecified atom stereocenters. The van der Waals surface area contributed by atoms with Crippen LogP contribution in [-0.2, 0) is 9.47 Å². The molecule has 2 aromatic carbocycles. The lowest BCUT2D eigenvalue weighted by molar-refractivity contribution is 0.0231. The van der Waals surface area contributed by atoms with Gasteiger partial charge >= 0.3 is 12.1 Å². The Morgan fingerprint density at radius 1 is 1.12 bits per heavy atom. The number of methoxy groups -OCH3 is 1. The average molecular weight is 701 g/mol. The first-order valence-corrected chi connectivity index (χ1v) is 17.2. The van der Waals surface area contributed by atoms with Crippen LogP contribution >= 0.6 is 0 Å². The number of carbonyl (C=O) groups is 1. The number of carboxylic acid groups (broad SMARTS) is 1. The van der Waals surface area contributed by atoms with Crippen LogP contribution in [0, 0.1) is 29.4 Å². The van der Waals surface area contributed by atoms with Gasteiger partial charge in [-0.15, -0.1) is 6.42 Å². The standard InChI is InChI=1S/C37H38F2N6O6/c1-3-26-29(38)7-4-22-14-25(51-21-48-2)15-27(30(22)26)32-31(39)33-28(16-40-32)34(44-17-23-5-6-24(18-44)45(23)36(46)47)42-35(41-33)50-20-37(8-9-37)19-43-10-12-49-13-11-43/h1,4,7,14-16,23-24H,5-6,8-13,17-21H2,2H3,(H,46,47). The second-order valence-corrected chi connectivity index (χ2v) is 13.9. The molecule has 8 rings (SSSR count). The Labute approximate surface area is 293 Å². The lowest BCUT2D eigenvalue weighted by Crippen LogP contribution is -2.55. The number of piperazine rings is 1. The molecule has 2 atom stereocenters. The second-order valence-electron chi connectivity index (χ2n) is 13.9. The summed E-state index contributed by atoms with van der Waals surface area (Å²) in [5.74, 6) is 1.80. The molecule has 1 amide bonds. The molecule has 4 fully saturated rings. The van der Waals surface area contributed by atoms with Gasteiger partial charge in [-0.25, -0.2) is 13.6 Å². The van der Waals surface area contributed by atoms with Gasteiger partial charge in [0.2, 0.25) is 0 Å². The molecule has 2 aromatic heterocycles. The minimum atomic E-state index is -0.946. The van der Waals surface area contributed by atoms with Gasteiger partial charge in [-0.3, -0.25) is 14.8 Å². The van der Waals surface area contributed by atoms with Crippen LogP contribution in [-0.4, -0.2) is 114 Å². The average Bonchev–Trinajstić information content (AvgIpc) is 3.84. The molecular formula is C37H38F2N6O6. The number of terminal acetylenes is 1. The summed E-state index contributed by atoms with van der Waals surface area (Å²) in [5, 5.41) is 11.1. The third-order valence-corrected chi connectivity index (χ3v) is 10.6. The predicted molar refractivity (Wildman–Crippen MR) is 184 cm³/mol. The number of benzene rings is 2. The summed E-state index contributed by atoms with van der Waals surface area (Å²) in [6, 6.07) is 5.62. The first-order chi connectivity index (χ1) is 24.8. The van der Waals surface area contributed by atoms with Crippen molar-refractivity contribution >= 4 is 33.6 Å². The molecule has 266 valence electrons. The molecule has 3 saturated heterocycles. The Bertz CT molecular complexity index is 2030. The summed E-state index contributed by atoms with van der Waals surface area (Å²) in [7, 11) is 1.48. The van der Waals surface area contributed by atoms with Crippen molar-refractivity contribution in [2.24, 2.45) is 5.41 Å². The van der Waals surface area contributed by atoms with Crippen molar-refractivity contribution in [3.8, 4) is 35.4 Å². The van der Waals surface area contributed by atoms with Crippen molar-refractivity contribution in [2.75, 3.05) is 71.3 Å². The van der Waals surface area contributed by atoms with E-state index in [2.05, 4.69) is 20.8 Å². The Kier molecular flexibility index (Phi) is 8.73. The molecule has 12 nitrogen and oxygen atoms in total. The van der Waals surface area contributed by atoms with E-state index >= 15 is 8.78 Å². The van der Waals surface area contributed by atoms with E-state index in [1.165, 1.54) is 24.3 Å². The topological polar surface area (TPSA) is 123 Å². The molecule has 0 radical (unpaired) electrons. The fourth-order valence-electron chi connectivity index (χ4n) is 7.83. The van der Waals surface area contributed by atoms with Gasteiger partial charge in [-0.2, -0.15) is 9.97 Å². The van der Waals surface area contributed by atoms with Crippen molar-refractivity contribution in [1.29, 1.82) is 0 Å². The van der Waals surface area contributed by atoms with Gasteiger partial charge in [-0.1, -0.05) is 12.0 Å². The van der Waals surface area contributed by atoms with Gasteiger partial charge < -0.3 is 29.0 Å². The van der Waals surface area contributed by atoms with Crippen molar-refractivity contribution in [2.45, 2.75) is 37.8 Å². The number of pyridine rings is 1. The number of hydrogen-bond donors (Lipinski definition) is 1. The highest BCUT2D eigenvalue weighted by atomic mass is 19.1. The van der Waals surface area contributed by atoms with E-state index in [0.29, 0.717) is 60.6 Å². The van der Waals surface area contributed by atoms with Crippen molar-refractivity contribution in [1.82, 2.24) is 24.8 Å². The number of fused-ring (bicyclic) bond motifs is 4. The molecule has 1 N–H and O–H groups in total. The van der Waals surface area contributed by atoms with Crippen LogP contribution in [0.1, 0.15) is 31.2 Å². The zero-order valence-electron chi connectivity index (χ0n) is 28.2. The number of morpholine rings is 1. The van der Waals surface area contributed by atoms with Gasteiger partial charge in [0.05, 0.1) is 42.9 Å². The van der Waals surface area contributed by atoms with Gasteiger partial charge in [0.25, 0.3) is 0 Å². The van der Waals surface area contributed by atoms with E-state index in [1.54, 1.807) is 18.2 Å². The molecule has 3 aliphatic heterocycles. The molecule has 2 bridgehead atoms. The summed E-state index contributed by atoms with van der Waals surface area (Å²) < 4.78 is 54.8. The number of rotatable bonds is 10. The molecule has 51 heavy (non-hydrogen) atoms. The van der Waals surface area contributed by atoms with Gasteiger partial charge in [-0.05, 0) is 49.3 Å². The van der Waals surface area contributed by atoms with Gasteiger partial charge in [0.1, 0.15) is 28.6 Å². The molecule has 0 spiro atoms. The SMILES string of the molecule is C#Cc1c(F)ccc2cc(OCOC)cc(-c3ncc4c(N5CC6CCC(C5)N6C(=O)O)nc(OCC5(CN6CCOCC6)CC5)nc4c3F)c12. The van der Waals surface area contributed by atoms with E-state index < -0.39 is 17.7 Å². The second kappa shape index (κ2) is 13.4. The summed E-state index contributed by atoms with van der Waals surface area (Å²) in [6.45, 7) is 5.05. The van der Waals surface area contributed by atoms with Crippen LogP contribution in [0.4, 0.5) is 19.4 Å². The number of halogens is 2. The smallest absolute Gasteiger partial charge is 0.407 e. The summed E-state index contributed by atoms with van der Waals surface area (Å²) in [6.07, 6.45) is 9.77. The Morgan fingerprint density at radius 3 is 2.57 bits per heavy atom. The van der Waals surface area contributed by atoms with Crippen LogP contribution < -0.4 is 14.4 Å². The fourth-order valence-corrected chi connectivity index (χ4v) is 7.83. The van der Waals surface area contributed by atoms with E-state index in [0.717, 1.165) is 45.3 Å². The van der Waals surface area contributed by atoms with E-state index in [-0.39, 0.29) is 52.6 Å². The van der Waals surface area contributed by atoms with Crippen molar-refractivity contribution in [3.05, 3.63) is 47.7 Å². The highest BCUT2D eigenvalue weighted by molar-refractivity contribution is 6.03. The zero-order chi connectivity index (χ0) is 35.3. The Balaban J connectivity index is 1.23. The third-order valence-electron chi connectivity index (χ3n) is 10.6. The third kappa shape index (κ3) is 6.23. The number of ether oxygens (including phenoxy) is 4. The molecule has 1 aliphatic carbocycles. The summed E-state index contributed by atoms with van der Waals surface area (Å²) >= 11 is 0. The maximum atomic E-state index is 17.1. The maximum absolute atomic E-state index is 17.1. The highest BCUT2D eigenvalue weighted by Crippen LogP contribution is 2.47. The Hall–Kier alpha value is -4.84. The monoisotopic (exact) mass is 700 g/mol. The fraction of sp³-hybridized carbons (Fsp3) is 0.459. The minimum absolute atomic E-state index is 0.0206. The largest absolute Gasteiger partial charge is 0.468 e. The van der Waals surface area contributed by atoms with E-state index in [9.17, 15) is 9.90 Å². The van der Waals surface area contributed by atoms with Crippen LogP contribution in [0.15, 0.2) is 30.5 Å². The highest BCUT2D eigenvalue weighted by Gasteiger charge is 2.46. The number of hydrogen-bond acceptors (Lipinski definition) is 10. The van der Waals surface area contributed by atoms with Crippen molar-refractivity contribution < 1.29 is 37.6 Å². The Morgan fingerprint density at radius 2 is 1.88 bits per heavy atom. The number of amides is 1. The minimum Gasteiger partial charge on any atom is -0.468 e. The van der Waals surface area contributed by atoms with Crippen LogP contribution in [0.3, 0.4) is 0 Å². The first-order valence-electron chi connectivity index (χ1n) is 17.2. The van der Waals surface area contributed by atoms with Crippen LogP contribution in [0.25, 0.3) is 32.9 Å². The molecule has 5 heterocycles. The van der Waals surface area contributed by atoms with Crippen LogP contribution in [0.5, 0.6) is 11.8 Å². The summed E-state index contributed by atoms with van der Waals surface area (Å²) in [5.41, 5.74) is 0.0112. The van der Waals surface area contributed by atoms with E-state index in [1.807, 2.05) is 4.90 Å². The van der Waals surface area contributed by atoms with Gasteiger partial charge in [0.15, 0.2) is 12.6 Å². The zero-order valence-corrected chi connectivity index (χ0v) is 28.2. The number of anilines is 1. The molecule has 4 aromatic rings. The number of aromatic nitrogens is 3. The van der Waals surface area contributed by atoms with Gasteiger partial charge in [0, 0.05) is 62.4 Å². The molecule has 4 aliphatic rings. The summed E-state index contributed by atoms with van der Waals surface area (Å²) in [4.78, 5) is 32.0. The number of nitrogens with zero attached hydrogens (tertiary/aromatic N) is 6. The quantitative estimate of drug-likeness (QED) is 0.179. The maximum Gasteiger partial charge on any atom is 0.407 e. The first kappa shape index (κ1) is 33.3. The lowest BCUT2D eigenvalue weighted by Gasteiger charge is -2.40. The van der Waals surface area contributed by atoms with E-state index in [4.69, 9.17) is 30.4 Å². The normalized spacial score (nSPS) is 21.2. The lowest BCUT2D eigenvalue weighted by atomic mass is 9.95. The van der Waals surface area contributed by atoms with Crippen molar-refractivity contribution in [3.63, 3.8) is 0 Å². The molecular weight excluding hydrogens is 662 g/mol. The predicted octanol–water partition coefficient (Wildman–Crippen LogP) is 4.91.